The van der Waals surface area contributed by atoms with Gasteiger partial charge in [-0.3, -0.25) is 4.79 Å². The van der Waals surface area contributed by atoms with E-state index >= 15 is 0 Å². The predicted octanol–water partition coefficient (Wildman–Crippen LogP) is 5.03. The van der Waals surface area contributed by atoms with Crippen LogP contribution in [0, 0.1) is 0 Å². The van der Waals surface area contributed by atoms with Gasteiger partial charge in [0.1, 0.15) is 6.29 Å². The Morgan fingerprint density at radius 2 is 1.00 bits per heavy atom. The summed E-state index contributed by atoms with van der Waals surface area (Å²) in [6.45, 7) is 3.11. The number of carbonyl (C=O) groups is 1. The summed E-state index contributed by atoms with van der Waals surface area (Å²) < 4.78 is 0. The first-order chi connectivity index (χ1) is 13.7. The number of hydrogen-bond acceptors (Lipinski definition) is 3. The van der Waals surface area contributed by atoms with Crippen LogP contribution in [0.2, 0.25) is 0 Å². The fourth-order valence-corrected chi connectivity index (χ4v) is 2.94. The van der Waals surface area contributed by atoms with Crippen LogP contribution in [0.3, 0.4) is 0 Å². The Bertz CT molecular complexity index is 1160. The molecule has 3 aromatic heterocycles. The third-order valence-electron chi connectivity index (χ3n) is 4.14. The summed E-state index contributed by atoms with van der Waals surface area (Å²) in [7, 11) is 0. The molecule has 136 valence electrons. The maximum absolute atomic E-state index is 9.06. The van der Waals surface area contributed by atoms with Gasteiger partial charge in [-0.05, 0) is 78.9 Å². The first-order valence-electron chi connectivity index (χ1n) is 8.82. The molecule has 5 heteroatoms. The standard InChI is InChI=1S/C20H14N4.C3H4O/c1-2-14-10-16-5-6-18(23-16)12-20-8-7-19(24-20)11-17-4-3-15(22-17)9-13(1)21-14;1-2-3-4/h1-12,21-22H;2-3H,1H2. The van der Waals surface area contributed by atoms with E-state index < -0.39 is 0 Å². The quantitative estimate of drug-likeness (QED) is 0.323. The van der Waals surface area contributed by atoms with Crippen molar-refractivity contribution < 1.29 is 4.79 Å². The number of fused-ring (bicyclic) bond motifs is 8. The Morgan fingerprint density at radius 3 is 1.39 bits per heavy atom. The van der Waals surface area contributed by atoms with Gasteiger partial charge in [0.25, 0.3) is 0 Å². The van der Waals surface area contributed by atoms with Crippen molar-refractivity contribution in [2.75, 3.05) is 0 Å². The lowest BCUT2D eigenvalue weighted by Gasteiger charge is -1.86. The topological polar surface area (TPSA) is 74.4 Å². The fourth-order valence-electron chi connectivity index (χ4n) is 2.94. The summed E-state index contributed by atoms with van der Waals surface area (Å²) in [4.78, 5) is 25.1. The van der Waals surface area contributed by atoms with E-state index in [2.05, 4.69) is 56.8 Å². The summed E-state index contributed by atoms with van der Waals surface area (Å²) >= 11 is 0. The zero-order chi connectivity index (χ0) is 19.3. The number of nitrogens with one attached hydrogen (secondary N) is 2. The number of allylic oxidation sites excluding steroid dienone is 1. The number of H-pyrrole nitrogens is 2. The van der Waals surface area contributed by atoms with Gasteiger partial charge in [0.2, 0.25) is 0 Å². The van der Waals surface area contributed by atoms with E-state index in [0.29, 0.717) is 6.29 Å². The monoisotopic (exact) mass is 366 g/mol. The van der Waals surface area contributed by atoms with E-state index in [0.717, 1.165) is 44.8 Å². The fraction of sp³-hybridized carbons (Fsp3) is 0. The second kappa shape index (κ2) is 7.72. The summed E-state index contributed by atoms with van der Waals surface area (Å²) in [5, 5.41) is 0. The van der Waals surface area contributed by atoms with Gasteiger partial charge < -0.3 is 9.97 Å². The van der Waals surface area contributed by atoms with Gasteiger partial charge in [0.15, 0.2) is 0 Å². The van der Waals surface area contributed by atoms with Crippen LogP contribution in [0.1, 0.15) is 22.8 Å². The lowest BCUT2D eigenvalue weighted by atomic mass is 10.3. The van der Waals surface area contributed by atoms with Crippen molar-refractivity contribution in [2.24, 2.45) is 0 Å². The highest BCUT2D eigenvalue weighted by Gasteiger charge is 2.02. The average Bonchev–Trinajstić information content (AvgIpc) is 3.47. The van der Waals surface area contributed by atoms with Crippen molar-refractivity contribution in [1.29, 1.82) is 0 Å². The van der Waals surface area contributed by atoms with Crippen LogP contribution in [0.5, 0.6) is 0 Å². The Kier molecular flexibility index (Phi) is 4.80. The lowest BCUT2D eigenvalue weighted by molar-refractivity contribution is -0.104. The van der Waals surface area contributed by atoms with Gasteiger partial charge in [-0.2, -0.15) is 0 Å². The normalized spacial score (nSPS) is 11.6. The van der Waals surface area contributed by atoms with Gasteiger partial charge in [0, 0.05) is 22.1 Å². The molecule has 2 aliphatic rings. The molecule has 0 radical (unpaired) electrons. The second-order valence-electron chi connectivity index (χ2n) is 6.28. The van der Waals surface area contributed by atoms with E-state index in [1.165, 1.54) is 6.08 Å². The molecular weight excluding hydrogens is 348 g/mol. The van der Waals surface area contributed by atoms with Crippen molar-refractivity contribution >= 4 is 52.7 Å². The molecule has 0 atom stereocenters. The molecule has 2 aliphatic heterocycles. The molecule has 0 unspecified atom stereocenters. The summed E-state index contributed by atoms with van der Waals surface area (Å²) in [6.07, 6.45) is 9.88. The van der Waals surface area contributed by atoms with Crippen LogP contribution >= 0.6 is 0 Å². The molecule has 2 N–H and O–H groups in total. The molecular formula is C23H18N4O. The van der Waals surface area contributed by atoms with Crippen LogP contribution in [0.15, 0.2) is 61.2 Å². The molecule has 0 aliphatic carbocycles. The minimum atomic E-state index is 0.639. The van der Waals surface area contributed by atoms with Crippen molar-refractivity contribution in [3.8, 4) is 0 Å². The Hall–Kier alpha value is -3.99. The van der Waals surface area contributed by atoms with Crippen molar-refractivity contribution in [2.45, 2.75) is 0 Å². The van der Waals surface area contributed by atoms with Crippen LogP contribution in [0.25, 0.3) is 46.4 Å². The maximum atomic E-state index is 9.06. The molecule has 0 saturated heterocycles. The van der Waals surface area contributed by atoms with Crippen LogP contribution in [-0.2, 0) is 4.79 Å². The highest BCUT2D eigenvalue weighted by molar-refractivity contribution is 5.77. The zero-order valence-corrected chi connectivity index (χ0v) is 15.1. The van der Waals surface area contributed by atoms with E-state index in [1.807, 2.05) is 42.5 Å². The molecule has 8 bridgehead atoms. The molecule has 0 spiro atoms. The molecule has 0 fully saturated rings. The predicted molar refractivity (Wildman–Crippen MR) is 115 cm³/mol. The Morgan fingerprint density at radius 1 is 0.643 bits per heavy atom. The number of aromatic nitrogens is 4. The van der Waals surface area contributed by atoms with Crippen molar-refractivity contribution in [3.63, 3.8) is 0 Å². The number of aromatic amines is 2. The smallest absolute Gasteiger partial charge is 0.142 e. The second-order valence-corrected chi connectivity index (χ2v) is 6.28. The van der Waals surface area contributed by atoms with Gasteiger partial charge in [0.05, 0.1) is 22.8 Å². The van der Waals surface area contributed by atoms with Gasteiger partial charge >= 0.3 is 0 Å². The van der Waals surface area contributed by atoms with Crippen LogP contribution < -0.4 is 0 Å². The van der Waals surface area contributed by atoms with Gasteiger partial charge in [-0.25, -0.2) is 9.97 Å². The highest BCUT2D eigenvalue weighted by atomic mass is 16.1. The summed E-state index contributed by atoms with van der Waals surface area (Å²) in [5.41, 5.74) is 7.86. The number of nitrogens with zero attached hydrogens (tertiary/aromatic N) is 2. The number of rotatable bonds is 1. The van der Waals surface area contributed by atoms with Gasteiger partial charge in [-0.15, -0.1) is 0 Å². The van der Waals surface area contributed by atoms with E-state index in [1.54, 1.807) is 0 Å². The first kappa shape index (κ1) is 17.4. The summed E-state index contributed by atoms with van der Waals surface area (Å²) in [5.74, 6) is 0. The Labute approximate surface area is 161 Å². The first-order valence-corrected chi connectivity index (χ1v) is 8.82. The molecule has 5 rings (SSSR count). The maximum Gasteiger partial charge on any atom is 0.142 e. The number of aldehydes is 1. The SMILES string of the molecule is C1=Cc2cc3ccc(cc4ccc(cc5nc(cc1n2)C=C5)[nH]4)[nH]3.C=CC=O. The van der Waals surface area contributed by atoms with E-state index in [-0.39, 0.29) is 0 Å². The molecule has 0 amide bonds. The highest BCUT2D eigenvalue weighted by Crippen LogP contribution is 2.17. The zero-order valence-electron chi connectivity index (χ0n) is 15.1. The molecule has 3 aromatic rings. The molecule has 0 aromatic carbocycles. The summed E-state index contributed by atoms with van der Waals surface area (Å²) in [6, 6.07) is 16.4. The third kappa shape index (κ3) is 4.04. The minimum Gasteiger partial charge on any atom is -0.355 e. The van der Waals surface area contributed by atoms with E-state index in [9.17, 15) is 0 Å². The van der Waals surface area contributed by atoms with Crippen molar-refractivity contribution in [1.82, 2.24) is 19.9 Å². The lowest BCUT2D eigenvalue weighted by Crippen LogP contribution is -1.77. The Balaban J connectivity index is 0.000000442. The van der Waals surface area contributed by atoms with Crippen LogP contribution in [-0.4, -0.2) is 26.2 Å². The average molecular weight is 366 g/mol. The minimum absolute atomic E-state index is 0.639. The largest absolute Gasteiger partial charge is 0.355 e. The van der Waals surface area contributed by atoms with Gasteiger partial charge in [-0.1, -0.05) is 6.58 Å². The molecule has 5 heterocycles. The molecule has 5 nitrogen and oxygen atoms in total. The molecule has 0 saturated carbocycles. The number of carbonyl (C=O) groups excluding carboxylic acids is 1. The van der Waals surface area contributed by atoms with Crippen LogP contribution in [0.4, 0.5) is 0 Å². The van der Waals surface area contributed by atoms with Crippen molar-refractivity contribution in [3.05, 3.63) is 84.0 Å². The number of hydrogen-bond donors (Lipinski definition) is 2. The third-order valence-corrected chi connectivity index (χ3v) is 4.14. The van der Waals surface area contributed by atoms with E-state index in [4.69, 9.17) is 4.79 Å². The molecule has 28 heavy (non-hydrogen) atoms.